The van der Waals surface area contributed by atoms with E-state index in [0.29, 0.717) is 6.41 Å². The minimum Gasteiger partial charge on any atom is -0.478 e. The summed E-state index contributed by atoms with van der Waals surface area (Å²) in [7, 11) is 0. The van der Waals surface area contributed by atoms with Crippen LogP contribution in [0.4, 0.5) is 11.4 Å². The van der Waals surface area contributed by atoms with Crippen LogP contribution in [0.15, 0.2) is 18.2 Å². The van der Waals surface area contributed by atoms with Crippen LogP contribution in [-0.4, -0.2) is 22.4 Å². The summed E-state index contributed by atoms with van der Waals surface area (Å²) >= 11 is 0. The van der Waals surface area contributed by atoms with Crippen LogP contribution < -0.4 is 5.32 Å². The molecule has 0 bridgehead atoms. The van der Waals surface area contributed by atoms with Crippen LogP contribution in [0.2, 0.25) is 0 Å². The van der Waals surface area contributed by atoms with Gasteiger partial charge in [0.25, 0.3) is 5.69 Å². The second kappa shape index (κ2) is 4.18. The molecule has 0 fully saturated rings. The summed E-state index contributed by atoms with van der Waals surface area (Å²) in [6.07, 6.45) is 0.310. The smallest absolute Gasteiger partial charge is 0.336 e. The lowest BCUT2D eigenvalue weighted by Gasteiger charge is -2.00. The van der Waals surface area contributed by atoms with Crippen LogP contribution >= 0.6 is 0 Å². The number of rotatable bonds is 4. The maximum atomic E-state index is 10.6. The van der Waals surface area contributed by atoms with Gasteiger partial charge >= 0.3 is 5.97 Å². The Labute approximate surface area is 83.5 Å². The van der Waals surface area contributed by atoms with E-state index in [1.54, 1.807) is 0 Å². The van der Waals surface area contributed by atoms with E-state index in [2.05, 4.69) is 5.32 Å². The number of carbonyl (C=O) groups excluding carboxylic acids is 1. The third kappa shape index (κ3) is 2.50. The maximum Gasteiger partial charge on any atom is 0.336 e. The van der Waals surface area contributed by atoms with Crippen molar-refractivity contribution in [2.45, 2.75) is 0 Å². The average molecular weight is 210 g/mol. The standard InChI is InChI=1S/C8H6N2O5/c11-4-9-6-1-5(8(12)13)2-7(3-6)10(14)15/h1-4H,(H,9,11)(H,12,13). The van der Waals surface area contributed by atoms with Gasteiger partial charge in [0.1, 0.15) is 0 Å². The van der Waals surface area contributed by atoms with Crippen LogP contribution in [0.25, 0.3) is 0 Å². The highest BCUT2D eigenvalue weighted by atomic mass is 16.6. The summed E-state index contributed by atoms with van der Waals surface area (Å²) in [5.41, 5.74) is -0.579. The molecule has 7 heteroatoms. The molecule has 0 saturated carbocycles. The SMILES string of the molecule is O=CNc1cc(C(=O)O)cc([N+](=O)[O-])c1. The molecule has 0 atom stereocenters. The molecule has 0 spiro atoms. The van der Waals surface area contributed by atoms with E-state index in [4.69, 9.17) is 5.11 Å². The van der Waals surface area contributed by atoms with Crippen molar-refractivity contribution in [2.24, 2.45) is 0 Å². The highest BCUT2D eigenvalue weighted by Crippen LogP contribution is 2.20. The number of non-ortho nitro benzene ring substituents is 1. The van der Waals surface area contributed by atoms with Gasteiger partial charge in [0.2, 0.25) is 6.41 Å². The van der Waals surface area contributed by atoms with Crippen molar-refractivity contribution >= 4 is 23.8 Å². The molecule has 1 rings (SSSR count). The van der Waals surface area contributed by atoms with E-state index < -0.39 is 10.9 Å². The molecule has 0 aliphatic heterocycles. The molecule has 0 aliphatic carbocycles. The number of aromatic carboxylic acids is 1. The predicted molar refractivity (Wildman–Crippen MR) is 49.7 cm³/mol. The number of nitrogens with zero attached hydrogens (tertiary/aromatic N) is 1. The van der Waals surface area contributed by atoms with Crippen molar-refractivity contribution in [1.29, 1.82) is 0 Å². The van der Waals surface area contributed by atoms with Crippen LogP contribution in [-0.2, 0) is 4.79 Å². The first kappa shape index (κ1) is 10.6. The molecule has 0 unspecified atom stereocenters. The molecule has 2 N–H and O–H groups in total. The highest BCUT2D eigenvalue weighted by Gasteiger charge is 2.13. The van der Waals surface area contributed by atoms with Gasteiger partial charge in [0.05, 0.1) is 10.5 Å². The minimum absolute atomic E-state index is 0.0663. The van der Waals surface area contributed by atoms with E-state index in [9.17, 15) is 19.7 Å². The van der Waals surface area contributed by atoms with E-state index in [0.717, 1.165) is 18.2 Å². The Balaban J connectivity index is 3.25. The first-order chi connectivity index (χ1) is 7.04. The van der Waals surface area contributed by atoms with Crippen LogP contribution in [0.5, 0.6) is 0 Å². The number of nitro benzene ring substituents is 1. The summed E-state index contributed by atoms with van der Waals surface area (Å²) < 4.78 is 0. The van der Waals surface area contributed by atoms with Gasteiger partial charge < -0.3 is 10.4 Å². The lowest BCUT2D eigenvalue weighted by Crippen LogP contribution is -2.02. The Hall–Kier alpha value is -2.44. The van der Waals surface area contributed by atoms with E-state index in [1.165, 1.54) is 0 Å². The molecule has 7 nitrogen and oxygen atoms in total. The van der Waals surface area contributed by atoms with Crippen LogP contribution in [0.3, 0.4) is 0 Å². The fourth-order valence-corrected chi connectivity index (χ4v) is 0.991. The normalized spacial score (nSPS) is 9.33. The number of carboxylic acid groups (broad SMARTS) is 1. The number of carboxylic acids is 1. The Morgan fingerprint density at radius 3 is 2.60 bits per heavy atom. The highest BCUT2D eigenvalue weighted by molar-refractivity contribution is 5.90. The minimum atomic E-state index is -1.30. The van der Waals surface area contributed by atoms with Gasteiger partial charge in [-0.2, -0.15) is 0 Å². The molecule has 0 saturated heterocycles. The Kier molecular flexibility index (Phi) is 2.97. The van der Waals surface area contributed by atoms with Gasteiger partial charge in [-0.1, -0.05) is 0 Å². The van der Waals surface area contributed by atoms with Crippen molar-refractivity contribution in [3.05, 3.63) is 33.9 Å². The number of amides is 1. The zero-order valence-electron chi connectivity index (χ0n) is 7.34. The number of carbonyl (C=O) groups is 2. The van der Waals surface area contributed by atoms with Gasteiger partial charge in [-0.15, -0.1) is 0 Å². The van der Waals surface area contributed by atoms with Crippen LogP contribution in [0.1, 0.15) is 10.4 Å². The maximum absolute atomic E-state index is 10.6. The van der Waals surface area contributed by atoms with Gasteiger partial charge in [0, 0.05) is 17.8 Å². The van der Waals surface area contributed by atoms with Crippen molar-refractivity contribution in [1.82, 2.24) is 0 Å². The van der Waals surface area contributed by atoms with Gasteiger partial charge in [0.15, 0.2) is 0 Å². The molecule has 1 aromatic rings. The number of hydrogen-bond donors (Lipinski definition) is 2. The summed E-state index contributed by atoms with van der Waals surface area (Å²) in [4.78, 5) is 30.4. The van der Waals surface area contributed by atoms with Crippen molar-refractivity contribution in [2.75, 3.05) is 5.32 Å². The summed E-state index contributed by atoms with van der Waals surface area (Å²) in [6, 6.07) is 3.11. The largest absolute Gasteiger partial charge is 0.478 e. The van der Waals surface area contributed by atoms with Crippen molar-refractivity contribution < 1.29 is 19.6 Å². The van der Waals surface area contributed by atoms with Crippen molar-refractivity contribution in [3.8, 4) is 0 Å². The first-order valence-corrected chi connectivity index (χ1v) is 3.77. The topological polar surface area (TPSA) is 110 Å². The number of benzene rings is 1. The Morgan fingerprint density at radius 2 is 2.13 bits per heavy atom. The van der Waals surface area contributed by atoms with Gasteiger partial charge in [-0.25, -0.2) is 4.79 Å². The Bertz CT molecular complexity index is 397. The molecule has 0 aliphatic rings. The quantitative estimate of drug-likeness (QED) is 0.435. The third-order valence-corrected chi connectivity index (χ3v) is 1.60. The predicted octanol–water partition coefficient (Wildman–Crippen LogP) is 0.861. The molecule has 1 amide bonds. The number of hydrogen-bond acceptors (Lipinski definition) is 4. The fourth-order valence-electron chi connectivity index (χ4n) is 0.991. The lowest BCUT2D eigenvalue weighted by molar-refractivity contribution is -0.384. The molecule has 0 radical (unpaired) electrons. The molecule has 1 aromatic carbocycles. The second-order valence-corrected chi connectivity index (χ2v) is 2.59. The first-order valence-electron chi connectivity index (χ1n) is 3.77. The van der Waals surface area contributed by atoms with E-state index in [-0.39, 0.29) is 16.9 Å². The molecule has 0 aromatic heterocycles. The Morgan fingerprint density at radius 1 is 1.47 bits per heavy atom. The van der Waals surface area contributed by atoms with E-state index >= 15 is 0 Å². The number of nitrogens with one attached hydrogen (secondary N) is 1. The molecule has 78 valence electrons. The van der Waals surface area contributed by atoms with Gasteiger partial charge in [-0.05, 0) is 6.07 Å². The van der Waals surface area contributed by atoms with E-state index in [1.807, 2.05) is 0 Å². The zero-order chi connectivity index (χ0) is 11.4. The summed E-state index contributed by atoms with van der Waals surface area (Å²) in [6.45, 7) is 0. The number of nitro groups is 1. The molecular formula is C8H6N2O5. The van der Waals surface area contributed by atoms with Crippen molar-refractivity contribution in [3.63, 3.8) is 0 Å². The number of anilines is 1. The summed E-state index contributed by atoms with van der Waals surface area (Å²) in [5, 5.41) is 21.2. The second-order valence-electron chi connectivity index (χ2n) is 2.59. The fraction of sp³-hybridized carbons (Fsp3) is 0. The lowest BCUT2D eigenvalue weighted by atomic mass is 10.2. The third-order valence-electron chi connectivity index (χ3n) is 1.60. The average Bonchev–Trinajstić information content (AvgIpc) is 2.17. The molecular weight excluding hydrogens is 204 g/mol. The zero-order valence-corrected chi connectivity index (χ0v) is 7.34. The van der Waals surface area contributed by atoms with Gasteiger partial charge in [-0.3, -0.25) is 14.9 Å². The summed E-state index contributed by atoms with van der Waals surface area (Å²) in [5.74, 6) is -1.30. The molecule has 15 heavy (non-hydrogen) atoms. The monoisotopic (exact) mass is 210 g/mol. The van der Waals surface area contributed by atoms with Crippen LogP contribution in [0, 0.1) is 10.1 Å². The molecule has 0 heterocycles.